The molecule has 1 unspecified atom stereocenters. The fourth-order valence-corrected chi connectivity index (χ4v) is 3.35. The molecule has 0 aliphatic carbocycles. The third-order valence-corrected chi connectivity index (χ3v) is 4.49. The van der Waals surface area contributed by atoms with E-state index in [2.05, 4.69) is 10.6 Å². The molecule has 18 heavy (non-hydrogen) atoms. The zero-order valence-electron chi connectivity index (χ0n) is 10.7. The molecule has 0 radical (unpaired) electrons. The lowest BCUT2D eigenvalue weighted by atomic mass is 10.1. The highest BCUT2D eigenvalue weighted by Crippen LogP contribution is 2.26. The van der Waals surface area contributed by atoms with E-state index in [9.17, 15) is 4.79 Å². The lowest BCUT2D eigenvalue weighted by Gasteiger charge is -2.21. The summed E-state index contributed by atoms with van der Waals surface area (Å²) in [5, 5.41) is 6.31. The molecule has 1 aliphatic heterocycles. The predicted molar refractivity (Wildman–Crippen MR) is 77.9 cm³/mol. The smallest absolute Gasteiger partial charge is 0.237 e. The minimum Gasteiger partial charge on any atom is -0.325 e. The topological polar surface area (TPSA) is 41.1 Å². The first kappa shape index (κ1) is 13.4. The van der Waals surface area contributed by atoms with Crippen molar-refractivity contribution in [3.8, 4) is 0 Å². The highest BCUT2D eigenvalue weighted by molar-refractivity contribution is 8.00. The normalized spacial score (nSPS) is 19.5. The van der Waals surface area contributed by atoms with E-state index >= 15 is 0 Å². The number of para-hydroxylation sites is 1. The Morgan fingerprint density at radius 1 is 1.39 bits per heavy atom. The molecule has 1 fully saturated rings. The van der Waals surface area contributed by atoms with E-state index in [0.717, 1.165) is 30.0 Å². The number of anilines is 1. The van der Waals surface area contributed by atoms with Gasteiger partial charge in [0.05, 0.1) is 5.25 Å². The molecule has 1 heterocycles. The van der Waals surface area contributed by atoms with Gasteiger partial charge in [-0.3, -0.25) is 4.79 Å². The van der Waals surface area contributed by atoms with E-state index in [4.69, 9.17) is 0 Å². The monoisotopic (exact) mass is 264 g/mol. The third-order valence-electron chi connectivity index (χ3n) is 3.11. The molecular formula is C14H20N2OS. The van der Waals surface area contributed by atoms with Crippen LogP contribution in [0.5, 0.6) is 0 Å². The Morgan fingerprint density at radius 3 is 2.94 bits per heavy atom. The summed E-state index contributed by atoms with van der Waals surface area (Å²) in [5.74, 6) is 1.26. The van der Waals surface area contributed by atoms with E-state index in [1.807, 2.05) is 31.3 Å². The average molecular weight is 264 g/mol. The van der Waals surface area contributed by atoms with Crippen LogP contribution in [0.25, 0.3) is 0 Å². The molecule has 1 aliphatic rings. The van der Waals surface area contributed by atoms with Crippen LogP contribution >= 0.6 is 11.8 Å². The number of carbonyl (C=O) groups excluding carboxylic acids is 1. The van der Waals surface area contributed by atoms with E-state index in [1.165, 1.54) is 12.8 Å². The van der Waals surface area contributed by atoms with Crippen molar-refractivity contribution >= 4 is 23.4 Å². The summed E-state index contributed by atoms with van der Waals surface area (Å²) >= 11 is 1.78. The van der Waals surface area contributed by atoms with Crippen LogP contribution < -0.4 is 10.6 Å². The van der Waals surface area contributed by atoms with Crippen molar-refractivity contribution in [1.29, 1.82) is 0 Å². The number of nitrogens with one attached hydrogen (secondary N) is 2. The van der Waals surface area contributed by atoms with Crippen molar-refractivity contribution < 1.29 is 4.79 Å². The van der Waals surface area contributed by atoms with Gasteiger partial charge in [-0.05, 0) is 37.3 Å². The number of hydrogen-bond donors (Lipinski definition) is 2. The number of thioether (sulfide) groups is 1. The molecule has 0 bridgehead atoms. The summed E-state index contributed by atoms with van der Waals surface area (Å²) in [6.07, 6.45) is 3.42. The van der Waals surface area contributed by atoms with Gasteiger partial charge in [0.25, 0.3) is 0 Å². The Labute approximate surface area is 113 Å². The predicted octanol–water partition coefficient (Wildman–Crippen LogP) is 2.63. The van der Waals surface area contributed by atoms with Gasteiger partial charge in [0.1, 0.15) is 0 Å². The number of carbonyl (C=O) groups is 1. The Kier molecular flexibility index (Phi) is 5.08. The van der Waals surface area contributed by atoms with E-state index < -0.39 is 0 Å². The van der Waals surface area contributed by atoms with Crippen LogP contribution in [0.3, 0.4) is 0 Å². The van der Waals surface area contributed by atoms with Crippen molar-refractivity contribution in [3.05, 3.63) is 29.8 Å². The van der Waals surface area contributed by atoms with Gasteiger partial charge < -0.3 is 10.6 Å². The van der Waals surface area contributed by atoms with E-state index in [1.54, 1.807) is 11.8 Å². The van der Waals surface area contributed by atoms with Crippen LogP contribution in [0, 0.1) is 0 Å². The van der Waals surface area contributed by atoms with Crippen molar-refractivity contribution in [2.75, 3.05) is 18.1 Å². The van der Waals surface area contributed by atoms with Gasteiger partial charge in [0.2, 0.25) is 5.91 Å². The Balaban J connectivity index is 2.01. The molecule has 2 N–H and O–H groups in total. The fourth-order valence-electron chi connectivity index (χ4n) is 2.15. The molecular weight excluding hydrogens is 244 g/mol. The molecule has 1 saturated heterocycles. The lowest BCUT2D eigenvalue weighted by Crippen LogP contribution is -2.28. The molecule has 1 aromatic carbocycles. The molecule has 1 aromatic rings. The Bertz CT molecular complexity index is 403. The SMILES string of the molecule is CNCc1ccccc1NC(=O)C1CCCCS1. The van der Waals surface area contributed by atoms with E-state index in [0.29, 0.717) is 0 Å². The summed E-state index contributed by atoms with van der Waals surface area (Å²) in [6.45, 7) is 0.772. The molecule has 0 aromatic heterocycles. The molecule has 4 heteroatoms. The molecule has 0 spiro atoms. The highest BCUT2D eigenvalue weighted by atomic mass is 32.2. The third kappa shape index (κ3) is 3.50. The second kappa shape index (κ2) is 6.81. The summed E-state index contributed by atoms with van der Waals surface area (Å²) in [5.41, 5.74) is 2.07. The van der Waals surface area contributed by atoms with Crippen LogP contribution in [0.2, 0.25) is 0 Å². The van der Waals surface area contributed by atoms with Crippen LogP contribution in [0.1, 0.15) is 24.8 Å². The van der Waals surface area contributed by atoms with E-state index in [-0.39, 0.29) is 11.2 Å². The van der Waals surface area contributed by atoms with Crippen molar-refractivity contribution in [3.63, 3.8) is 0 Å². The second-order valence-corrected chi connectivity index (χ2v) is 5.84. The summed E-state index contributed by atoms with van der Waals surface area (Å²) < 4.78 is 0. The van der Waals surface area contributed by atoms with Gasteiger partial charge in [-0.1, -0.05) is 24.6 Å². The maximum atomic E-state index is 12.2. The van der Waals surface area contributed by atoms with Crippen molar-refractivity contribution in [2.45, 2.75) is 31.1 Å². The first-order valence-corrected chi connectivity index (χ1v) is 7.51. The van der Waals surface area contributed by atoms with Crippen LogP contribution in [-0.4, -0.2) is 24.0 Å². The minimum atomic E-state index is 0.126. The number of benzene rings is 1. The zero-order valence-corrected chi connectivity index (χ0v) is 11.6. The van der Waals surface area contributed by atoms with Crippen molar-refractivity contribution in [1.82, 2.24) is 5.32 Å². The Hall–Kier alpha value is -1.000. The Morgan fingerprint density at radius 2 is 2.22 bits per heavy atom. The van der Waals surface area contributed by atoms with Crippen LogP contribution in [-0.2, 0) is 11.3 Å². The molecule has 98 valence electrons. The lowest BCUT2D eigenvalue weighted by molar-refractivity contribution is -0.115. The number of rotatable bonds is 4. The summed E-state index contributed by atoms with van der Waals surface area (Å²) in [7, 11) is 1.91. The van der Waals surface area contributed by atoms with Gasteiger partial charge in [-0.15, -0.1) is 11.8 Å². The summed E-state index contributed by atoms with van der Waals surface area (Å²) in [4.78, 5) is 12.2. The van der Waals surface area contributed by atoms with Crippen LogP contribution in [0.4, 0.5) is 5.69 Å². The fraction of sp³-hybridized carbons (Fsp3) is 0.500. The standard InChI is InChI=1S/C14H20N2OS/c1-15-10-11-6-2-3-7-12(11)16-14(17)13-8-4-5-9-18-13/h2-3,6-7,13,15H,4-5,8-10H2,1H3,(H,16,17). The van der Waals surface area contributed by atoms with Gasteiger partial charge in [0, 0.05) is 12.2 Å². The van der Waals surface area contributed by atoms with Gasteiger partial charge >= 0.3 is 0 Å². The molecule has 1 amide bonds. The molecule has 3 nitrogen and oxygen atoms in total. The molecule has 1 atom stereocenters. The maximum absolute atomic E-state index is 12.2. The van der Waals surface area contributed by atoms with Gasteiger partial charge in [-0.2, -0.15) is 0 Å². The maximum Gasteiger partial charge on any atom is 0.237 e. The van der Waals surface area contributed by atoms with Crippen molar-refractivity contribution in [2.24, 2.45) is 0 Å². The quantitative estimate of drug-likeness (QED) is 0.878. The molecule has 2 rings (SSSR count). The van der Waals surface area contributed by atoms with Crippen LogP contribution in [0.15, 0.2) is 24.3 Å². The largest absolute Gasteiger partial charge is 0.325 e. The van der Waals surface area contributed by atoms with Gasteiger partial charge in [-0.25, -0.2) is 0 Å². The summed E-state index contributed by atoms with van der Waals surface area (Å²) in [6, 6.07) is 7.97. The number of amides is 1. The first-order valence-electron chi connectivity index (χ1n) is 6.46. The highest BCUT2D eigenvalue weighted by Gasteiger charge is 2.22. The van der Waals surface area contributed by atoms with Gasteiger partial charge in [0.15, 0.2) is 0 Å². The first-order chi connectivity index (χ1) is 8.81. The second-order valence-electron chi connectivity index (χ2n) is 4.53. The molecule has 0 saturated carbocycles. The number of hydrogen-bond acceptors (Lipinski definition) is 3. The average Bonchev–Trinajstić information content (AvgIpc) is 2.42. The minimum absolute atomic E-state index is 0.126. The zero-order chi connectivity index (χ0) is 12.8.